The van der Waals surface area contributed by atoms with Gasteiger partial charge < -0.3 is 14.9 Å². The van der Waals surface area contributed by atoms with Crippen molar-refractivity contribution in [3.8, 4) is 11.5 Å². The first-order valence-electron chi connectivity index (χ1n) is 7.03. The Kier molecular flexibility index (Phi) is 4.05. The number of aromatic hydroxyl groups is 2. The number of nitrogens with zero attached hydrogens (tertiary/aromatic N) is 2. The molecule has 1 heterocycles. The van der Waals surface area contributed by atoms with E-state index in [1.54, 1.807) is 0 Å². The first-order valence-corrected chi connectivity index (χ1v) is 7.03. The average Bonchev–Trinajstić information content (AvgIpc) is 2.56. The van der Waals surface area contributed by atoms with Crippen molar-refractivity contribution in [3.63, 3.8) is 0 Å². The second kappa shape index (κ2) is 6.31. The van der Waals surface area contributed by atoms with E-state index in [-0.39, 0.29) is 23.8 Å². The lowest BCUT2D eigenvalue weighted by Gasteiger charge is -2.06. The number of ether oxygens (including phenoxy) is 1. The number of hydrogen-bond acceptors (Lipinski definition) is 6. The molecule has 6 heteroatoms. The van der Waals surface area contributed by atoms with Gasteiger partial charge in [-0.3, -0.25) is 4.98 Å². The van der Waals surface area contributed by atoms with Gasteiger partial charge in [0.2, 0.25) is 0 Å². The Hall–Kier alpha value is -3.15. The summed E-state index contributed by atoms with van der Waals surface area (Å²) in [5.41, 5.74) is 1.81. The number of fused-ring (bicyclic) bond motifs is 1. The minimum atomic E-state index is -0.581. The molecule has 2 N–H and O–H groups in total. The van der Waals surface area contributed by atoms with Crippen LogP contribution in [0.5, 0.6) is 11.5 Å². The van der Waals surface area contributed by atoms with Gasteiger partial charge in [0.15, 0.2) is 17.2 Å². The Morgan fingerprint density at radius 1 is 1.04 bits per heavy atom. The predicted molar refractivity (Wildman–Crippen MR) is 83.3 cm³/mol. The van der Waals surface area contributed by atoms with Crippen LogP contribution >= 0.6 is 0 Å². The maximum absolute atomic E-state index is 12.0. The van der Waals surface area contributed by atoms with Gasteiger partial charge in [-0.2, -0.15) is 0 Å². The van der Waals surface area contributed by atoms with Crippen molar-refractivity contribution in [2.45, 2.75) is 6.42 Å². The molecular weight excluding hydrogens is 296 g/mol. The van der Waals surface area contributed by atoms with Gasteiger partial charge in [-0.1, -0.05) is 30.3 Å². The number of hydrogen-bond donors (Lipinski definition) is 2. The van der Waals surface area contributed by atoms with Gasteiger partial charge in [-0.15, -0.1) is 0 Å². The summed E-state index contributed by atoms with van der Waals surface area (Å²) >= 11 is 0. The van der Waals surface area contributed by atoms with Gasteiger partial charge in [-0.25, -0.2) is 9.78 Å². The van der Waals surface area contributed by atoms with Gasteiger partial charge in [0.25, 0.3) is 0 Å². The zero-order chi connectivity index (χ0) is 16.2. The first-order chi connectivity index (χ1) is 11.1. The number of aromatic nitrogens is 2. The third-order valence-corrected chi connectivity index (χ3v) is 3.31. The van der Waals surface area contributed by atoms with Crippen LogP contribution in [-0.2, 0) is 11.2 Å². The molecule has 0 aliphatic carbocycles. The highest BCUT2D eigenvalue weighted by Gasteiger charge is 2.12. The van der Waals surface area contributed by atoms with E-state index in [1.165, 1.54) is 18.3 Å². The zero-order valence-corrected chi connectivity index (χ0v) is 12.1. The Labute approximate surface area is 132 Å². The summed E-state index contributed by atoms with van der Waals surface area (Å²) in [6, 6.07) is 12.2. The maximum Gasteiger partial charge on any atom is 0.358 e. The molecule has 0 atom stereocenters. The quantitative estimate of drug-likeness (QED) is 0.568. The molecule has 0 aliphatic heterocycles. The molecule has 0 radical (unpaired) electrons. The van der Waals surface area contributed by atoms with E-state index in [1.807, 2.05) is 30.3 Å². The van der Waals surface area contributed by atoms with Crippen molar-refractivity contribution in [2.24, 2.45) is 0 Å². The number of carbonyl (C=O) groups is 1. The summed E-state index contributed by atoms with van der Waals surface area (Å²) < 4.78 is 5.18. The second-order valence-electron chi connectivity index (χ2n) is 4.96. The fourth-order valence-corrected chi connectivity index (χ4v) is 2.12. The maximum atomic E-state index is 12.0. The first kappa shape index (κ1) is 14.8. The number of rotatable bonds is 4. The van der Waals surface area contributed by atoms with Crippen LogP contribution < -0.4 is 0 Å². The Morgan fingerprint density at radius 2 is 1.74 bits per heavy atom. The lowest BCUT2D eigenvalue weighted by molar-refractivity contribution is 0.0502. The third-order valence-electron chi connectivity index (χ3n) is 3.31. The van der Waals surface area contributed by atoms with Crippen molar-refractivity contribution in [1.29, 1.82) is 0 Å². The number of phenols is 2. The second-order valence-corrected chi connectivity index (χ2v) is 4.96. The minimum absolute atomic E-state index is 0.0515. The highest BCUT2D eigenvalue weighted by atomic mass is 16.5. The standard InChI is InChI=1S/C17H14N2O4/c20-15-8-12-13(9-16(15)21)19-14(10-18-12)17(22)23-7-6-11-4-2-1-3-5-11/h1-5,8-10,20-21H,6-7H2. The fourth-order valence-electron chi connectivity index (χ4n) is 2.12. The SMILES string of the molecule is O=C(OCCc1ccccc1)c1cnc2cc(O)c(O)cc2n1. The van der Waals surface area contributed by atoms with Gasteiger partial charge in [0.1, 0.15) is 0 Å². The molecule has 0 aliphatic rings. The van der Waals surface area contributed by atoms with E-state index in [2.05, 4.69) is 9.97 Å². The predicted octanol–water partition coefficient (Wildman–Crippen LogP) is 2.44. The van der Waals surface area contributed by atoms with Crippen LogP contribution in [0.3, 0.4) is 0 Å². The molecule has 0 unspecified atom stereocenters. The van der Waals surface area contributed by atoms with Crippen LogP contribution in [0.15, 0.2) is 48.7 Å². The number of carbonyl (C=O) groups excluding carboxylic acids is 1. The van der Waals surface area contributed by atoms with Crippen LogP contribution in [0.4, 0.5) is 0 Å². The molecule has 0 saturated heterocycles. The largest absolute Gasteiger partial charge is 0.504 e. The van der Waals surface area contributed by atoms with E-state index >= 15 is 0 Å². The summed E-state index contributed by atoms with van der Waals surface area (Å²) in [7, 11) is 0. The molecule has 6 nitrogen and oxygen atoms in total. The normalized spacial score (nSPS) is 10.6. The summed E-state index contributed by atoms with van der Waals surface area (Å²) in [5.74, 6) is -1.19. The molecule has 0 spiro atoms. The molecular formula is C17H14N2O4. The molecule has 2 aromatic carbocycles. The van der Waals surface area contributed by atoms with E-state index in [9.17, 15) is 15.0 Å². The molecule has 0 saturated carbocycles. The van der Waals surface area contributed by atoms with E-state index in [0.717, 1.165) is 5.56 Å². The Balaban J connectivity index is 1.69. The molecule has 3 rings (SSSR count). The molecule has 0 amide bonds. The lowest BCUT2D eigenvalue weighted by Crippen LogP contribution is -2.10. The number of esters is 1. The number of benzene rings is 2. The number of phenolic OH excluding ortho intramolecular Hbond substituents is 2. The van der Waals surface area contributed by atoms with Crippen LogP contribution in [-0.4, -0.2) is 32.8 Å². The highest BCUT2D eigenvalue weighted by Crippen LogP contribution is 2.28. The van der Waals surface area contributed by atoms with Crippen molar-refractivity contribution in [2.75, 3.05) is 6.61 Å². The smallest absolute Gasteiger partial charge is 0.358 e. The van der Waals surface area contributed by atoms with Crippen LogP contribution in [0.25, 0.3) is 11.0 Å². The van der Waals surface area contributed by atoms with Crippen molar-refractivity contribution in [1.82, 2.24) is 9.97 Å². The van der Waals surface area contributed by atoms with Gasteiger partial charge in [0.05, 0.1) is 23.8 Å². The molecule has 0 fully saturated rings. The van der Waals surface area contributed by atoms with E-state index in [4.69, 9.17) is 4.74 Å². The van der Waals surface area contributed by atoms with Gasteiger partial charge >= 0.3 is 5.97 Å². The minimum Gasteiger partial charge on any atom is -0.504 e. The van der Waals surface area contributed by atoms with Crippen molar-refractivity contribution < 1.29 is 19.7 Å². The molecule has 3 aromatic rings. The van der Waals surface area contributed by atoms with E-state index < -0.39 is 5.97 Å². The lowest BCUT2D eigenvalue weighted by atomic mass is 10.2. The van der Waals surface area contributed by atoms with Crippen LogP contribution in [0, 0.1) is 0 Å². The van der Waals surface area contributed by atoms with E-state index in [0.29, 0.717) is 17.5 Å². The highest BCUT2D eigenvalue weighted by molar-refractivity contribution is 5.90. The molecule has 23 heavy (non-hydrogen) atoms. The monoisotopic (exact) mass is 310 g/mol. The summed E-state index contributed by atoms with van der Waals surface area (Å²) in [5, 5.41) is 18.9. The Morgan fingerprint density at radius 3 is 2.48 bits per heavy atom. The summed E-state index contributed by atoms with van der Waals surface area (Å²) in [6.07, 6.45) is 1.89. The van der Waals surface area contributed by atoms with Crippen molar-refractivity contribution in [3.05, 3.63) is 59.9 Å². The third kappa shape index (κ3) is 3.37. The zero-order valence-electron chi connectivity index (χ0n) is 12.1. The molecule has 1 aromatic heterocycles. The summed E-state index contributed by atoms with van der Waals surface area (Å²) in [4.78, 5) is 20.1. The van der Waals surface area contributed by atoms with Crippen LogP contribution in [0.2, 0.25) is 0 Å². The van der Waals surface area contributed by atoms with Gasteiger partial charge in [0, 0.05) is 18.6 Å². The average molecular weight is 310 g/mol. The van der Waals surface area contributed by atoms with Crippen LogP contribution in [0.1, 0.15) is 16.1 Å². The fraction of sp³-hybridized carbons (Fsp3) is 0.118. The molecule has 116 valence electrons. The Bertz CT molecular complexity index is 850. The summed E-state index contributed by atoms with van der Waals surface area (Å²) in [6.45, 7) is 0.239. The van der Waals surface area contributed by atoms with Gasteiger partial charge in [-0.05, 0) is 5.56 Å². The topological polar surface area (TPSA) is 92.5 Å². The molecule has 0 bridgehead atoms. The van der Waals surface area contributed by atoms with Crippen molar-refractivity contribution >= 4 is 17.0 Å².